The van der Waals surface area contributed by atoms with Gasteiger partial charge in [0.2, 0.25) is 0 Å². The van der Waals surface area contributed by atoms with Gasteiger partial charge in [-0.3, -0.25) is 4.79 Å². The molecule has 0 atom stereocenters. The lowest BCUT2D eigenvalue weighted by Gasteiger charge is -1.98. The lowest BCUT2D eigenvalue weighted by Crippen LogP contribution is -1.91. The van der Waals surface area contributed by atoms with Crippen molar-refractivity contribution in [1.29, 1.82) is 0 Å². The van der Waals surface area contributed by atoms with E-state index in [9.17, 15) is 4.79 Å². The molecular weight excluding hydrogens is 174 g/mol. The Balaban J connectivity index is 2.72. The zero-order valence-corrected chi connectivity index (χ0v) is 7.81. The molecular formula is C12H11NO. The van der Waals surface area contributed by atoms with Gasteiger partial charge in [-0.2, -0.15) is 0 Å². The summed E-state index contributed by atoms with van der Waals surface area (Å²) in [6, 6.07) is 7.87. The fourth-order valence-corrected chi connectivity index (χ4v) is 1.66. The molecule has 0 spiro atoms. The van der Waals surface area contributed by atoms with Gasteiger partial charge >= 0.3 is 0 Å². The fraction of sp³-hybridized carbons (Fsp3) is 0.0833. The summed E-state index contributed by atoms with van der Waals surface area (Å²) in [7, 11) is 0. The molecule has 0 aliphatic rings. The Kier molecular flexibility index (Phi) is 2.19. The first-order chi connectivity index (χ1) is 6.86. The van der Waals surface area contributed by atoms with Crippen LogP contribution in [0.3, 0.4) is 0 Å². The molecule has 0 fully saturated rings. The first-order valence-electron chi connectivity index (χ1n) is 4.50. The van der Waals surface area contributed by atoms with Crippen LogP contribution >= 0.6 is 0 Å². The first-order valence-corrected chi connectivity index (χ1v) is 4.50. The van der Waals surface area contributed by atoms with Crippen molar-refractivity contribution < 1.29 is 4.79 Å². The molecule has 70 valence electrons. The van der Waals surface area contributed by atoms with Crippen molar-refractivity contribution >= 4 is 17.2 Å². The summed E-state index contributed by atoms with van der Waals surface area (Å²) in [5, 5.41) is 1.00. The predicted molar refractivity (Wildman–Crippen MR) is 57.5 cm³/mol. The van der Waals surface area contributed by atoms with Crippen LogP contribution in [0, 0.1) is 0 Å². The second-order valence-electron chi connectivity index (χ2n) is 3.16. The number of aromatic nitrogens is 1. The van der Waals surface area contributed by atoms with Gasteiger partial charge in [0.05, 0.1) is 0 Å². The molecule has 2 nitrogen and oxygen atoms in total. The second kappa shape index (κ2) is 3.50. The standard InChI is InChI=1S/C12H11NO/c1-2-7-13-8-10(9-14)11-5-3-4-6-12(11)13/h2-6,8-9H,1,7H2. The summed E-state index contributed by atoms with van der Waals surface area (Å²) in [6.07, 6.45) is 4.57. The number of hydrogen-bond donors (Lipinski definition) is 0. The van der Waals surface area contributed by atoms with Crippen LogP contribution in [0.5, 0.6) is 0 Å². The highest BCUT2D eigenvalue weighted by atomic mass is 16.1. The maximum Gasteiger partial charge on any atom is 0.152 e. The third-order valence-corrected chi connectivity index (χ3v) is 2.27. The number of benzene rings is 1. The molecule has 2 heteroatoms. The topological polar surface area (TPSA) is 22.0 Å². The van der Waals surface area contributed by atoms with Gasteiger partial charge in [-0.25, -0.2) is 0 Å². The molecule has 0 aliphatic carbocycles. The van der Waals surface area contributed by atoms with Crippen molar-refractivity contribution in [3.63, 3.8) is 0 Å². The number of allylic oxidation sites excluding steroid dienone is 1. The van der Waals surface area contributed by atoms with E-state index >= 15 is 0 Å². The SMILES string of the molecule is C=CCn1cc(C=O)c2ccccc21. The molecule has 0 amide bonds. The maximum atomic E-state index is 10.8. The van der Waals surface area contributed by atoms with Gasteiger partial charge in [-0.15, -0.1) is 6.58 Å². The minimum absolute atomic E-state index is 0.731. The molecule has 0 unspecified atom stereocenters. The number of aldehydes is 1. The summed E-state index contributed by atoms with van der Waals surface area (Å²) < 4.78 is 2.02. The molecule has 1 aromatic heterocycles. The van der Waals surface area contributed by atoms with Crippen molar-refractivity contribution in [3.8, 4) is 0 Å². The largest absolute Gasteiger partial charge is 0.343 e. The lowest BCUT2D eigenvalue weighted by molar-refractivity contribution is 0.112. The molecule has 0 aliphatic heterocycles. The molecule has 0 bridgehead atoms. The van der Waals surface area contributed by atoms with Gasteiger partial charge in [0.15, 0.2) is 6.29 Å². The number of fused-ring (bicyclic) bond motifs is 1. The average molecular weight is 185 g/mol. The normalized spacial score (nSPS) is 10.3. The van der Waals surface area contributed by atoms with Crippen LogP contribution in [0.25, 0.3) is 10.9 Å². The highest BCUT2D eigenvalue weighted by Gasteiger charge is 2.04. The van der Waals surface area contributed by atoms with E-state index in [1.165, 1.54) is 0 Å². The number of carbonyl (C=O) groups is 1. The number of rotatable bonds is 3. The van der Waals surface area contributed by atoms with Crippen LogP contribution in [0.15, 0.2) is 43.1 Å². The smallest absolute Gasteiger partial charge is 0.152 e. The second-order valence-corrected chi connectivity index (χ2v) is 3.16. The van der Waals surface area contributed by atoms with Gasteiger partial charge in [-0.05, 0) is 6.07 Å². The van der Waals surface area contributed by atoms with Gasteiger partial charge < -0.3 is 4.57 Å². The first kappa shape index (κ1) is 8.75. The number of para-hydroxylation sites is 1. The predicted octanol–water partition coefficient (Wildman–Crippen LogP) is 2.64. The molecule has 0 saturated heterocycles. The third kappa shape index (κ3) is 1.25. The summed E-state index contributed by atoms with van der Waals surface area (Å²) >= 11 is 0. The van der Waals surface area contributed by atoms with Crippen LogP contribution < -0.4 is 0 Å². The molecule has 2 rings (SSSR count). The van der Waals surface area contributed by atoms with Crippen molar-refractivity contribution in [2.45, 2.75) is 6.54 Å². The maximum absolute atomic E-state index is 10.8. The van der Waals surface area contributed by atoms with Gasteiger partial charge in [0.25, 0.3) is 0 Å². The lowest BCUT2D eigenvalue weighted by atomic mass is 10.2. The zero-order valence-electron chi connectivity index (χ0n) is 7.81. The van der Waals surface area contributed by atoms with E-state index in [2.05, 4.69) is 6.58 Å². The fourth-order valence-electron chi connectivity index (χ4n) is 1.66. The number of carbonyl (C=O) groups excluding carboxylic acids is 1. The monoisotopic (exact) mass is 185 g/mol. The van der Waals surface area contributed by atoms with Crippen LogP contribution in [0.4, 0.5) is 0 Å². The Bertz CT molecular complexity index is 482. The number of nitrogens with zero attached hydrogens (tertiary/aromatic N) is 1. The molecule has 1 heterocycles. The van der Waals surface area contributed by atoms with Gasteiger partial charge in [0, 0.05) is 29.2 Å². The third-order valence-electron chi connectivity index (χ3n) is 2.27. The van der Waals surface area contributed by atoms with Crippen molar-refractivity contribution in [3.05, 3.63) is 48.7 Å². The van der Waals surface area contributed by atoms with E-state index in [0.717, 1.165) is 29.3 Å². The Morgan fingerprint density at radius 2 is 2.14 bits per heavy atom. The van der Waals surface area contributed by atoms with Crippen LogP contribution in [0.1, 0.15) is 10.4 Å². The summed E-state index contributed by atoms with van der Waals surface area (Å²) in [6.45, 7) is 4.42. The Labute approximate surface area is 82.5 Å². The van der Waals surface area contributed by atoms with E-state index in [4.69, 9.17) is 0 Å². The van der Waals surface area contributed by atoms with E-state index in [-0.39, 0.29) is 0 Å². The zero-order chi connectivity index (χ0) is 9.97. The molecule has 1 aromatic carbocycles. The average Bonchev–Trinajstić information content (AvgIpc) is 2.58. The van der Waals surface area contributed by atoms with Crippen molar-refractivity contribution in [2.75, 3.05) is 0 Å². The molecule has 0 saturated carbocycles. The van der Waals surface area contributed by atoms with Crippen LogP contribution in [0.2, 0.25) is 0 Å². The minimum Gasteiger partial charge on any atom is -0.343 e. The van der Waals surface area contributed by atoms with E-state index in [1.54, 1.807) is 0 Å². The van der Waals surface area contributed by atoms with Gasteiger partial charge in [0.1, 0.15) is 0 Å². The van der Waals surface area contributed by atoms with Gasteiger partial charge in [-0.1, -0.05) is 24.3 Å². The highest BCUT2D eigenvalue weighted by molar-refractivity contribution is 5.97. The highest BCUT2D eigenvalue weighted by Crippen LogP contribution is 2.19. The molecule has 0 N–H and O–H groups in total. The van der Waals surface area contributed by atoms with Crippen molar-refractivity contribution in [1.82, 2.24) is 4.57 Å². The molecule has 2 aromatic rings. The van der Waals surface area contributed by atoms with Crippen LogP contribution in [-0.2, 0) is 6.54 Å². The Hall–Kier alpha value is -1.83. The molecule has 0 radical (unpaired) electrons. The molecule has 14 heavy (non-hydrogen) atoms. The van der Waals surface area contributed by atoms with Crippen LogP contribution in [-0.4, -0.2) is 10.9 Å². The van der Waals surface area contributed by atoms with Crippen molar-refractivity contribution in [2.24, 2.45) is 0 Å². The minimum atomic E-state index is 0.731. The number of hydrogen-bond acceptors (Lipinski definition) is 1. The van der Waals surface area contributed by atoms with E-state index < -0.39 is 0 Å². The summed E-state index contributed by atoms with van der Waals surface area (Å²) in [5.41, 5.74) is 1.82. The summed E-state index contributed by atoms with van der Waals surface area (Å²) in [4.78, 5) is 10.8. The van der Waals surface area contributed by atoms with E-state index in [0.29, 0.717) is 0 Å². The Morgan fingerprint density at radius 3 is 2.86 bits per heavy atom. The summed E-state index contributed by atoms with van der Waals surface area (Å²) in [5.74, 6) is 0. The quantitative estimate of drug-likeness (QED) is 0.532. The van der Waals surface area contributed by atoms with E-state index in [1.807, 2.05) is 41.1 Å². The Morgan fingerprint density at radius 1 is 1.36 bits per heavy atom.